The molecule has 300 valence electrons. The molecular weight excluding hydrogens is 760 g/mol. The van der Waals surface area contributed by atoms with Gasteiger partial charge in [-0.05, 0) is 83.6 Å². The summed E-state index contributed by atoms with van der Waals surface area (Å²) in [6.45, 7) is 5.65. The number of rotatable bonds is 6. The molecule has 2 saturated carbocycles. The maximum absolute atomic E-state index is 14.7. The number of nitrogens with zero attached hydrogens (tertiary/aromatic N) is 3. The van der Waals surface area contributed by atoms with E-state index >= 15 is 0 Å². The van der Waals surface area contributed by atoms with Crippen molar-refractivity contribution in [3.05, 3.63) is 65.3 Å². The zero-order valence-corrected chi connectivity index (χ0v) is 33.4. The summed E-state index contributed by atoms with van der Waals surface area (Å²) in [6.07, 6.45) is 7.32. The van der Waals surface area contributed by atoms with Crippen molar-refractivity contribution in [2.45, 2.75) is 101 Å². The Kier molecular flexibility index (Phi) is 11.0. The van der Waals surface area contributed by atoms with Crippen LogP contribution >= 0.6 is 11.6 Å². The van der Waals surface area contributed by atoms with E-state index in [-0.39, 0.29) is 43.6 Å². The quantitative estimate of drug-likeness (QED) is 0.360. The summed E-state index contributed by atoms with van der Waals surface area (Å²) in [6, 6.07) is 10.2. The standard InChI is InChI=1S/C40H49ClN6O8S/c1-39(2,3)55-38(52)43-32-14-8-6-4-5-7-12-26-20-40(26,37(51)45-56(53,54)28-17-18-28)44-34(48)33-29-23-46(21-25(29)22-47(33)36(32)50)35(49)31-16-10-15-30(42-31)24-11-9-13-27(41)19-24/h7,9-13,15-16,19,25-26,28-29,32-33H,4-6,8,14,17-18,20-23H2,1-3H3,(H,43,52)(H,44,48)(H,45,51)/b12-7-/t25-,26+,29-,32+,33-,40+/m0/s1. The van der Waals surface area contributed by atoms with E-state index in [1.54, 1.807) is 62.1 Å². The molecule has 5 amide bonds. The first kappa shape index (κ1) is 39.7. The van der Waals surface area contributed by atoms with Crippen LogP contribution in [0.25, 0.3) is 11.3 Å². The Bertz CT molecular complexity index is 2050. The molecular formula is C40H49ClN6O8S. The summed E-state index contributed by atoms with van der Waals surface area (Å²) in [4.78, 5) is 77.8. The van der Waals surface area contributed by atoms with Crippen molar-refractivity contribution < 1.29 is 37.1 Å². The number of amides is 5. The third-order valence-corrected chi connectivity index (χ3v) is 13.3. The summed E-state index contributed by atoms with van der Waals surface area (Å²) in [5.74, 6) is -3.52. The van der Waals surface area contributed by atoms with E-state index < -0.39 is 74.1 Å². The number of aromatic nitrogens is 1. The van der Waals surface area contributed by atoms with Crippen molar-refractivity contribution >= 4 is 51.3 Å². The number of hydrogen-bond acceptors (Lipinski definition) is 9. The van der Waals surface area contributed by atoms with Gasteiger partial charge >= 0.3 is 6.09 Å². The number of likely N-dealkylation sites (tertiary alicyclic amines) is 1. The van der Waals surface area contributed by atoms with Gasteiger partial charge in [0.15, 0.2) is 0 Å². The lowest BCUT2D eigenvalue weighted by Gasteiger charge is -2.33. The molecule has 1 aromatic carbocycles. The average molecular weight is 809 g/mol. The summed E-state index contributed by atoms with van der Waals surface area (Å²) in [5.41, 5.74) is -0.816. The topological polar surface area (TPSA) is 184 Å². The minimum absolute atomic E-state index is 0.117. The number of nitrogens with one attached hydrogen (secondary N) is 3. The number of ether oxygens (including phenoxy) is 1. The van der Waals surface area contributed by atoms with Gasteiger partial charge in [-0.3, -0.25) is 23.9 Å². The molecule has 2 aromatic rings. The van der Waals surface area contributed by atoms with Crippen LogP contribution in [-0.4, -0.2) is 101 Å². The Hall–Kier alpha value is -4.50. The van der Waals surface area contributed by atoms with Gasteiger partial charge in [0.05, 0.1) is 10.9 Å². The van der Waals surface area contributed by atoms with E-state index in [1.807, 2.05) is 18.2 Å². The fraction of sp³-hybridized carbons (Fsp3) is 0.550. The lowest BCUT2D eigenvalue weighted by molar-refractivity contribution is -0.142. The number of carbonyl (C=O) groups is 5. The lowest BCUT2D eigenvalue weighted by atomic mass is 9.93. The van der Waals surface area contributed by atoms with E-state index in [0.29, 0.717) is 42.8 Å². The van der Waals surface area contributed by atoms with Crippen LogP contribution in [0.5, 0.6) is 0 Å². The first-order valence-electron chi connectivity index (χ1n) is 19.4. The van der Waals surface area contributed by atoms with Gasteiger partial charge in [-0.1, -0.05) is 54.8 Å². The van der Waals surface area contributed by atoms with E-state index in [1.165, 1.54) is 4.90 Å². The number of hydrogen-bond donors (Lipinski definition) is 3. The predicted octanol–water partition coefficient (Wildman–Crippen LogP) is 4.20. The number of halogens is 1. The van der Waals surface area contributed by atoms with Gasteiger partial charge in [-0.25, -0.2) is 18.2 Å². The van der Waals surface area contributed by atoms with Crippen molar-refractivity contribution in [3.63, 3.8) is 0 Å². The Morgan fingerprint density at radius 3 is 2.50 bits per heavy atom. The van der Waals surface area contributed by atoms with Gasteiger partial charge in [0, 0.05) is 48.0 Å². The molecule has 5 aliphatic rings. The largest absolute Gasteiger partial charge is 0.444 e. The number of pyridine rings is 1. The first-order valence-corrected chi connectivity index (χ1v) is 21.3. The second kappa shape index (κ2) is 15.4. The smallest absolute Gasteiger partial charge is 0.408 e. The van der Waals surface area contributed by atoms with E-state index in [0.717, 1.165) is 18.4 Å². The van der Waals surface area contributed by atoms with Gasteiger partial charge in [0.2, 0.25) is 21.8 Å². The number of alkyl carbamates (subject to hydrolysis) is 1. The summed E-state index contributed by atoms with van der Waals surface area (Å²) in [7, 11) is -3.92. The number of allylic oxidation sites excluding steroid dienone is 1. The summed E-state index contributed by atoms with van der Waals surface area (Å²) in [5, 5.41) is 5.56. The Balaban J connectivity index is 1.18. The van der Waals surface area contributed by atoms with E-state index in [2.05, 4.69) is 20.3 Å². The molecule has 0 unspecified atom stereocenters. The molecule has 14 nitrogen and oxygen atoms in total. The highest BCUT2D eigenvalue weighted by atomic mass is 35.5. The number of fused-ring (bicyclic) bond motifs is 4. The minimum Gasteiger partial charge on any atom is -0.444 e. The summed E-state index contributed by atoms with van der Waals surface area (Å²) >= 11 is 6.21. The van der Waals surface area contributed by atoms with Gasteiger partial charge in [-0.15, -0.1) is 0 Å². The van der Waals surface area contributed by atoms with Crippen LogP contribution < -0.4 is 15.4 Å². The van der Waals surface area contributed by atoms with Crippen molar-refractivity contribution in [2.24, 2.45) is 17.8 Å². The molecule has 7 rings (SSSR count). The van der Waals surface area contributed by atoms with Gasteiger partial charge in [0.1, 0.15) is 28.9 Å². The third kappa shape index (κ3) is 8.58. The van der Waals surface area contributed by atoms with Crippen LogP contribution in [0.2, 0.25) is 5.02 Å². The van der Waals surface area contributed by atoms with Gasteiger partial charge < -0.3 is 25.2 Å². The number of carbonyl (C=O) groups excluding carboxylic acids is 5. The molecule has 56 heavy (non-hydrogen) atoms. The molecule has 2 aliphatic carbocycles. The van der Waals surface area contributed by atoms with Crippen molar-refractivity contribution in [3.8, 4) is 11.3 Å². The van der Waals surface area contributed by atoms with Crippen LogP contribution in [0.4, 0.5) is 4.79 Å². The highest BCUT2D eigenvalue weighted by Crippen LogP contribution is 2.47. The van der Waals surface area contributed by atoms with Crippen LogP contribution in [0.3, 0.4) is 0 Å². The molecule has 2 saturated heterocycles. The van der Waals surface area contributed by atoms with Crippen LogP contribution in [-0.2, 0) is 29.1 Å². The minimum atomic E-state index is -3.92. The van der Waals surface area contributed by atoms with Crippen molar-refractivity contribution in [2.75, 3.05) is 19.6 Å². The molecule has 4 fully saturated rings. The lowest BCUT2D eigenvalue weighted by Crippen LogP contribution is -2.60. The molecule has 6 atom stereocenters. The zero-order chi connectivity index (χ0) is 40.0. The average Bonchev–Trinajstić information content (AvgIpc) is 4.03. The van der Waals surface area contributed by atoms with Gasteiger partial charge in [0.25, 0.3) is 11.8 Å². The highest BCUT2D eigenvalue weighted by Gasteiger charge is 2.63. The Morgan fingerprint density at radius 2 is 1.77 bits per heavy atom. The normalized spacial score (nSPS) is 28.8. The molecule has 4 heterocycles. The predicted molar refractivity (Wildman–Crippen MR) is 208 cm³/mol. The third-order valence-electron chi connectivity index (χ3n) is 11.3. The fourth-order valence-electron chi connectivity index (χ4n) is 8.21. The molecule has 0 radical (unpaired) electrons. The number of benzene rings is 1. The van der Waals surface area contributed by atoms with E-state index in [4.69, 9.17) is 16.3 Å². The van der Waals surface area contributed by atoms with Crippen LogP contribution in [0.1, 0.15) is 82.6 Å². The van der Waals surface area contributed by atoms with Crippen molar-refractivity contribution in [1.29, 1.82) is 0 Å². The summed E-state index contributed by atoms with van der Waals surface area (Å²) < 4.78 is 33.5. The zero-order valence-electron chi connectivity index (χ0n) is 31.8. The van der Waals surface area contributed by atoms with E-state index in [9.17, 15) is 32.4 Å². The first-order chi connectivity index (χ1) is 26.5. The molecule has 3 N–H and O–H groups in total. The Labute approximate surface area is 332 Å². The molecule has 0 bridgehead atoms. The molecule has 1 aromatic heterocycles. The monoisotopic (exact) mass is 808 g/mol. The number of sulfonamides is 1. The molecule has 0 spiro atoms. The Morgan fingerprint density at radius 1 is 1.00 bits per heavy atom. The maximum Gasteiger partial charge on any atom is 0.408 e. The second-order valence-corrected chi connectivity index (χ2v) is 19.1. The van der Waals surface area contributed by atoms with Crippen molar-refractivity contribution in [1.82, 2.24) is 30.1 Å². The van der Waals surface area contributed by atoms with Gasteiger partial charge in [-0.2, -0.15) is 0 Å². The highest BCUT2D eigenvalue weighted by molar-refractivity contribution is 7.91. The maximum atomic E-state index is 14.7. The molecule has 16 heteroatoms. The SMILES string of the molecule is CC(C)(C)OC(=O)N[C@@H]1CCCCC/C=C\[C@@H]2C[C@@]2(C(=O)NS(=O)(=O)C2CC2)NC(=O)[C@@H]2[C@H]3CN(C(=O)c4cccc(-c5cccc(Cl)c5)n4)C[C@H]3CN2C1=O. The fourth-order valence-corrected chi connectivity index (χ4v) is 9.76. The molecule has 3 aliphatic heterocycles. The second-order valence-electron chi connectivity index (χ2n) is 16.7. The van der Waals surface area contributed by atoms with Crippen LogP contribution in [0, 0.1) is 17.8 Å². The van der Waals surface area contributed by atoms with Crippen LogP contribution in [0.15, 0.2) is 54.6 Å².